The van der Waals surface area contributed by atoms with Gasteiger partial charge in [0.15, 0.2) is 0 Å². The molecule has 1 atom stereocenters. The number of halogens is 3. The van der Waals surface area contributed by atoms with Gasteiger partial charge in [0.1, 0.15) is 17.3 Å². The van der Waals surface area contributed by atoms with Gasteiger partial charge in [-0.1, -0.05) is 0 Å². The van der Waals surface area contributed by atoms with E-state index in [0.717, 1.165) is 0 Å². The first kappa shape index (κ1) is 20.1. The second-order valence-corrected chi connectivity index (χ2v) is 7.52. The van der Waals surface area contributed by atoms with Crippen LogP contribution in [0.3, 0.4) is 0 Å². The van der Waals surface area contributed by atoms with E-state index in [9.17, 15) is 22.8 Å². The zero-order valence-corrected chi connectivity index (χ0v) is 15.9. The summed E-state index contributed by atoms with van der Waals surface area (Å²) in [5.74, 6) is -4.38. The number of carbonyl (C=O) groups excluding carboxylic acids is 2. The molecule has 0 bridgehead atoms. The molecular formula is C21H19F3N4O2. The number of Topliss-reactive ketones (excluding diaryl/α,β-unsaturated/α-hetero) is 1. The third-order valence-electron chi connectivity index (χ3n) is 5.27. The number of H-pyrrole nitrogens is 1. The zero-order valence-electron chi connectivity index (χ0n) is 15.9. The molecule has 1 aliphatic rings. The molecule has 1 amide bonds. The molecule has 9 heteroatoms. The molecule has 0 radical (unpaired) electrons. The van der Waals surface area contributed by atoms with Crippen molar-refractivity contribution >= 4 is 22.6 Å². The van der Waals surface area contributed by atoms with E-state index in [-0.39, 0.29) is 42.7 Å². The third kappa shape index (κ3) is 4.19. The maximum atomic E-state index is 14.2. The van der Waals surface area contributed by atoms with Crippen LogP contribution in [0.2, 0.25) is 0 Å². The van der Waals surface area contributed by atoms with E-state index >= 15 is 0 Å². The van der Waals surface area contributed by atoms with Crippen molar-refractivity contribution in [3.8, 4) is 0 Å². The molecule has 1 unspecified atom stereocenters. The highest BCUT2D eigenvalue weighted by Gasteiger charge is 2.44. The summed E-state index contributed by atoms with van der Waals surface area (Å²) in [5.41, 5.74) is 1.34. The van der Waals surface area contributed by atoms with Crippen LogP contribution < -0.4 is 5.32 Å². The highest BCUT2D eigenvalue weighted by atomic mass is 19.3. The van der Waals surface area contributed by atoms with Crippen LogP contribution >= 0.6 is 0 Å². The van der Waals surface area contributed by atoms with Crippen molar-refractivity contribution in [1.29, 1.82) is 0 Å². The Hall–Kier alpha value is -3.23. The maximum absolute atomic E-state index is 14.2. The lowest BCUT2D eigenvalue weighted by atomic mass is 10.0. The number of fused-ring (bicyclic) bond motifs is 1. The fourth-order valence-electron chi connectivity index (χ4n) is 3.69. The van der Waals surface area contributed by atoms with Gasteiger partial charge in [0, 0.05) is 30.8 Å². The molecule has 1 fully saturated rings. The minimum absolute atomic E-state index is 0.0342. The fraction of sp³-hybridized carbons (Fsp3) is 0.333. The van der Waals surface area contributed by atoms with Gasteiger partial charge >= 0.3 is 0 Å². The Labute approximate surface area is 169 Å². The Bertz CT molecular complexity index is 1110. The van der Waals surface area contributed by atoms with Crippen LogP contribution in [-0.4, -0.2) is 38.8 Å². The number of hydrogen-bond acceptors (Lipinski definition) is 4. The molecule has 0 spiro atoms. The summed E-state index contributed by atoms with van der Waals surface area (Å²) in [6, 6.07) is 4.61. The molecule has 6 nitrogen and oxygen atoms in total. The number of alkyl halides is 2. The number of pyridine rings is 1. The van der Waals surface area contributed by atoms with E-state index in [0.29, 0.717) is 22.9 Å². The van der Waals surface area contributed by atoms with Gasteiger partial charge in [-0.25, -0.2) is 13.2 Å². The molecule has 0 saturated heterocycles. The van der Waals surface area contributed by atoms with Crippen molar-refractivity contribution in [2.24, 2.45) is 0 Å². The van der Waals surface area contributed by atoms with Gasteiger partial charge in [-0.3, -0.25) is 19.7 Å². The third-order valence-corrected chi connectivity index (χ3v) is 5.27. The van der Waals surface area contributed by atoms with E-state index in [4.69, 9.17) is 0 Å². The monoisotopic (exact) mass is 416 g/mol. The highest BCUT2D eigenvalue weighted by molar-refractivity contribution is 5.93. The number of amides is 1. The van der Waals surface area contributed by atoms with Gasteiger partial charge in [0.25, 0.3) is 11.8 Å². The van der Waals surface area contributed by atoms with Gasteiger partial charge in [-0.05, 0) is 48.2 Å². The van der Waals surface area contributed by atoms with Crippen molar-refractivity contribution in [3.05, 3.63) is 59.3 Å². The van der Waals surface area contributed by atoms with Gasteiger partial charge in [0.2, 0.25) is 0 Å². The normalized spacial score (nSPS) is 17.9. The molecule has 2 aromatic heterocycles. The van der Waals surface area contributed by atoms with Crippen molar-refractivity contribution in [2.75, 3.05) is 0 Å². The van der Waals surface area contributed by atoms with Gasteiger partial charge in [-0.2, -0.15) is 5.10 Å². The molecule has 1 saturated carbocycles. The summed E-state index contributed by atoms with van der Waals surface area (Å²) in [6.07, 6.45) is 2.99. The predicted octanol–water partition coefficient (Wildman–Crippen LogP) is 3.37. The number of aromatic amines is 1. The number of nitrogens with one attached hydrogen (secondary N) is 2. The second-order valence-electron chi connectivity index (χ2n) is 7.52. The number of aromatic nitrogens is 3. The lowest BCUT2D eigenvalue weighted by Crippen LogP contribution is -2.44. The Morgan fingerprint density at radius 2 is 2.07 bits per heavy atom. The molecule has 0 aliphatic heterocycles. The molecule has 2 heterocycles. The minimum Gasteiger partial charge on any atom is -0.342 e. The highest BCUT2D eigenvalue weighted by Crippen LogP contribution is 2.35. The summed E-state index contributed by atoms with van der Waals surface area (Å²) in [4.78, 5) is 28.7. The van der Waals surface area contributed by atoms with Gasteiger partial charge in [-0.15, -0.1) is 0 Å². The van der Waals surface area contributed by atoms with Crippen molar-refractivity contribution < 1.29 is 22.8 Å². The first-order valence-corrected chi connectivity index (χ1v) is 9.58. The van der Waals surface area contributed by atoms with Crippen LogP contribution in [0.15, 0.2) is 36.7 Å². The Morgan fingerprint density at radius 3 is 2.83 bits per heavy atom. The molecule has 3 aromatic rings. The summed E-state index contributed by atoms with van der Waals surface area (Å²) in [6.45, 7) is 0. The minimum atomic E-state index is -2.93. The standard InChI is InChI=1S/C21H19F3N4O2/c22-16-9-14-11-26-28-17(14)10-13(16)8-15(29)6-12-3-5-25-18(7-12)20(30)27-19-2-1-4-21(19,23)24/h3,5,7,9-11,19H,1-2,4,6,8H2,(H,26,28)(H,27,30). The van der Waals surface area contributed by atoms with Gasteiger partial charge < -0.3 is 5.32 Å². The number of ketones is 1. The number of nitrogens with zero attached hydrogens (tertiary/aromatic N) is 2. The summed E-state index contributed by atoms with van der Waals surface area (Å²) in [7, 11) is 0. The quantitative estimate of drug-likeness (QED) is 0.645. The summed E-state index contributed by atoms with van der Waals surface area (Å²) >= 11 is 0. The largest absolute Gasteiger partial charge is 0.342 e. The number of rotatable bonds is 6. The van der Waals surface area contributed by atoms with E-state index in [1.165, 1.54) is 24.5 Å². The summed E-state index contributed by atoms with van der Waals surface area (Å²) in [5, 5.41) is 9.51. The van der Waals surface area contributed by atoms with Crippen molar-refractivity contribution in [1.82, 2.24) is 20.5 Å². The molecule has 2 N–H and O–H groups in total. The van der Waals surface area contributed by atoms with Crippen LogP contribution in [-0.2, 0) is 17.6 Å². The van der Waals surface area contributed by atoms with Crippen LogP contribution in [0, 0.1) is 5.82 Å². The molecule has 156 valence electrons. The maximum Gasteiger partial charge on any atom is 0.270 e. The molecular weight excluding hydrogens is 397 g/mol. The predicted molar refractivity (Wildman–Crippen MR) is 103 cm³/mol. The van der Waals surface area contributed by atoms with Crippen LogP contribution in [0.1, 0.15) is 40.9 Å². The van der Waals surface area contributed by atoms with E-state index < -0.39 is 23.7 Å². The van der Waals surface area contributed by atoms with Crippen LogP contribution in [0.5, 0.6) is 0 Å². The van der Waals surface area contributed by atoms with Crippen LogP contribution in [0.25, 0.3) is 10.9 Å². The fourth-order valence-corrected chi connectivity index (χ4v) is 3.69. The number of carbonyl (C=O) groups is 2. The summed E-state index contributed by atoms with van der Waals surface area (Å²) < 4.78 is 41.7. The number of benzene rings is 1. The molecule has 30 heavy (non-hydrogen) atoms. The molecule has 1 aliphatic carbocycles. The first-order valence-electron chi connectivity index (χ1n) is 9.58. The van der Waals surface area contributed by atoms with Crippen LogP contribution in [0.4, 0.5) is 13.2 Å². The van der Waals surface area contributed by atoms with E-state index in [1.54, 1.807) is 12.1 Å². The van der Waals surface area contributed by atoms with E-state index in [2.05, 4.69) is 20.5 Å². The first-order chi connectivity index (χ1) is 14.3. The van der Waals surface area contributed by atoms with E-state index in [1.807, 2.05) is 0 Å². The average molecular weight is 416 g/mol. The molecule has 4 rings (SSSR count). The van der Waals surface area contributed by atoms with Crippen molar-refractivity contribution in [3.63, 3.8) is 0 Å². The van der Waals surface area contributed by atoms with Gasteiger partial charge in [0.05, 0.1) is 17.8 Å². The Morgan fingerprint density at radius 1 is 1.23 bits per heavy atom. The Balaban J connectivity index is 1.42. The SMILES string of the molecule is O=C(Cc1ccnc(C(=O)NC2CCCC2(F)F)c1)Cc1cc2[nH]ncc2cc1F. The zero-order chi connectivity index (χ0) is 21.3. The topological polar surface area (TPSA) is 87.7 Å². The lowest BCUT2D eigenvalue weighted by molar-refractivity contribution is -0.117. The Kier molecular flexibility index (Phi) is 5.27. The van der Waals surface area contributed by atoms with Crippen molar-refractivity contribution in [2.45, 2.75) is 44.1 Å². The second kappa shape index (κ2) is 7.89. The lowest BCUT2D eigenvalue weighted by Gasteiger charge is -2.20. The average Bonchev–Trinajstić information content (AvgIpc) is 3.27. The molecule has 1 aromatic carbocycles. The number of hydrogen-bond donors (Lipinski definition) is 2. The smallest absolute Gasteiger partial charge is 0.270 e.